The number of rotatable bonds is 2. The number of nitrogens with two attached hydrogens (primary N) is 1. The van der Waals surface area contributed by atoms with E-state index in [9.17, 15) is 0 Å². The fourth-order valence-corrected chi connectivity index (χ4v) is 1.35. The van der Waals surface area contributed by atoms with E-state index in [4.69, 9.17) is 10.9 Å². The Morgan fingerprint density at radius 3 is 3.14 bits per heavy atom. The van der Waals surface area contributed by atoms with Crippen LogP contribution in [0, 0.1) is 0 Å². The highest BCUT2D eigenvalue weighted by atomic mass is 32.1. The van der Waals surface area contributed by atoms with Gasteiger partial charge in [-0.1, -0.05) is 5.16 Å². The van der Waals surface area contributed by atoms with Crippen molar-refractivity contribution in [1.29, 1.82) is 0 Å². The molecule has 7 nitrogen and oxygen atoms in total. The Morgan fingerprint density at radius 1 is 1.64 bits per heavy atom. The van der Waals surface area contributed by atoms with Gasteiger partial charge in [0.2, 0.25) is 5.13 Å². The molecule has 0 aromatic carbocycles. The highest BCUT2D eigenvalue weighted by Gasteiger charge is 2.06. The predicted octanol–water partition coefficient (Wildman–Crippen LogP) is -0.182. The minimum absolute atomic E-state index is 0.0146. The summed E-state index contributed by atoms with van der Waals surface area (Å²) in [5.41, 5.74) is 5.91. The van der Waals surface area contributed by atoms with Crippen molar-refractivity contribution in [2.45, 2.75) is 0 Å². The van der Waals surface area contributed by atoms with Gasteiger partial charge in [-0.15, -0.1) is 0 Å². The van der Waals surface area contributed by atoms with Crippen molar-refractivity contribution in [2.24, 2.45) is 10.9 Å². The van der Waals surface area contributed by atoms with E-state index in [1.165, 1.54) is 28.7 Å². The zero-order chi connectivity index (χ0) is 9.97. The number of oxime groups is 1. The molecule has 0 atom stereocenters. The van der Waals surface area contributed by atoms with Crippen LogP contribution in [0.5, 0.6) is 0 Å². The van der Waals surface area contributed by atoms with Crippen LogP contribution in [0.3, 0.4) is 0 Å². The smallest absolute Gasteiger partial charge is 0.229 e. The molecule has 14 heavy (non-hydrogen) atoms. The minimum Gasteiger partial charge on any atom is -0.409 e. The molecule has 0 amide bonds. The lowest BCUT2D eigenvalue weighted by Gasteiger charge is -1.91. The van der Waals surface area contributed by atoms with Crippen molar-refractivity contribution in [3.8, 4) is 5.13 Å². The number of aromatic nitrogens is 4. The van der Waals surface area contributed by atoms with Gasteiger partial charge in [0.25, 0.3) is 0 Å². The third-order valence-corrected chi connectivity index (χ3v) is 2.19. The van der Waals surface area contributed by atoms with Crippen molar-refractivity contribution in [1.82, 2.24) is 19.1 Å². The molecule has 2 aromatic rings. The van der Waals surface area contributed by atoms with E-state index in [2.05, 4.69) is 19.6 Å². The Labute approximate surface area is 82.7 Å². The molecule has 0 aliphatic carbocycles. The summed E-state index contributed by atoms with van der Waals surface area (Å²) in [5.74, 6) is 0.0146. The summed E-state index contributed by atoms with van der Waals surface area (Å²) in [4.78, 5) is 3.95. The average Bonchev–Trinajstić information content (AvgIpc) is 2.86. The average molecular weight is 210 g/mol. The summed E-state index contributed by atoms with van der Waals surface area (Å²) in [5, 5.41) is 15.9. The molecule has 0 radical (unpaired) electrons. The van der Waals surface area contributed by atoms with Gasteiger partial charge in [-0.3, -0.25) is 0 Å². The summed E-state index contributed by atoms with van der Waals surface area (Å²) in [7, 11) is 0. The van der Waals surface area contributed by atoms with Crippen molar-refractivity contribution in [2.75, 3.05) is 0 Å². The van der Waals surface area contributed by atoms with Gasteiger partial charge in [-0.2, -0.15) is 9.47 Å². The highest BCUT2D eigenvalue weighted by Crippen LogP contribution is 2.07. The summed E-state index contributed by atoms with van der Waals surface area (Å²) < 4.78 is 5.34. The number of amidine groups is 1. The number of hydrogen-bond donors (Lipinski definition) is 2. The molecule has 0 fully saturated rings. The van der Waals surface area contributed by atoms with E-state index in [1.807, 2.05) is 0 Å². The predicted molar refractivity (Wildman–Crippen MR) is 49.5 cm³/mol. The van der Waals surface area contributed by atoms with Gasteiger partial charge < -0.3 is 10.9 Å². The van der Waals surface area contributed by atoms with Crippen molar-refractivity contribution >= 4 is 17.4 Å². The molecular formula is C6H6N6OS. The van der Waals surface area contributed by atoms with Gasteiger partial charge in [0, 0.05) is 17.7 Å². The van der Waals surface area contributed by atoms with Crippen LogP contribution >= 0.6 is 11.5 Å². The molecule has 2 heterocycles. The lowest BCUT2D eigenvalue weighted by atomic mass is 10.3. The number of nitrogens with zero attached hydrogens (tertiary/aromatic N) is 5. The van der Waals surface area contributed by atoms with Gasteiger partial charge in [0.05, 0.1) is 11.8 Å². The van der Waals surface area contributed by atoms with E-state index >= 15 is 0 Å². The van der Waals surface area contributed by atoms with Gasteiger partial charge in [0.1, 0.15) is 6.33 Å². The van der Waals surface area contributed by atoms with Crippen LogP contribution in [-0.4, -0.2) is 30.2 Å². The zero-order valence-electron chi connectivity index (χ0n) is 6.90. The van der Waals surface area contributed by atoms with E-state index in [-0.39, 0.29) is 5.84 Å². The third kappa shape index (κ3) is 1.42. The molecule has 0 unspecified atom stereocenters. The summed E-state index contributed by atoms with van der Waals surface area (Å²) in [6.07, 6.45) is 4.52. The maximum Gasteiger partial charge on any atom is 0.229 e. The van der Waals surface area contributed by atoms with E-state index < -0.39 is 0 Å². The summed E-state index contributed by atoms with van der Waals surface area (Å²) >= 11 is 1.20. The SMILES string of the molecule is N/C(=N\O)c1cnn(-c2ncns2)c1. The van der Waals surface area contributed by atoms with Crippen molar-refractivity contribution in [3.05, 3.63) is 24.3 Å². The monoisotopic (exact) mass is 210 g/mol. The lowest BCUT2D eigenvalue weighted by molar-refractivity contribution is 0.318. The lowest BCUT2D eigenvalue weighted by Crippen LogP contribution is -2.11. The first-order valence-electron chi connectivity index (χ1n) is 3.61. The second-order valence-corrected chi connectivity index (χ2v) is 3.14. The molecule has 72 valence electrons. The van der Waals surface area contributed by atoms with E-state index in [0.29, 0.717) is 10.7 Å². The van der Waals surface area contributed by atoms with Crippen LogP contribution in [0.15, 0.2) is 23.9 Å². The van der Waals surface area contributed by atoms with Gasteiger partial charge in [-0.05, 0) is 0 Å². The van der Waals surface area contributed by atoms with E-state index in [1.54, 1.807) is 6.20 Å². The third-order valence-electron chi connectivity index (χ3n) is 1.53. The summed E-state index contributed by atoms with van der Waals surface area (Å²) in [6, 6.07) is 0. The second-order valence-electron chi connectivity index (χ2n) is 2.38. The quantitative estimate of drug-likeness (QED) is 0.310. The van der Waals surface area contributed by atoms with Crippen LogP contribution in [0.1, 0.15) is 5.56 Å². The highest BCUT2D eigenvalue weighted by molar-refractivity contribution is 7.07. The molecule has 0 saturated carbocycles. The molecule has 0 aliphatic rings. The van der Waals surface area contributed by atoms with Crippen LogP contribution in [0.4, 0.5) is 0 Å². The zero-order valence-corrected chi connectivity index (χ0v) is 7.72. The largest absolute Gasteiger partial charge is 0.409 e. The minimum atomic E-state index is 0.0146. The topological polar surface area (TPSA) is 102 Å². The first-order chi connectivity index (χ1) is 6.81. The van der Waals surface area contributed by atoms with Crippen LogP contribution < -0.4 is 5.73 Å². The molecule has 2 rings (SSSR count). The first-order valence-corrected chi connectivity index (χ1v) is 4.38. The van der Waals surface area contributed by atoms with Crippen molar-refractivity contribution in [3.63, 3.8) is 0 Å². The molecule has 8 heteroatoms. The Kier molecular flexibility index (Phi) is 2.11. The fraction of sp³-hybridized carbons (Fsp3) is 0. The molecule has 3 N–H and O–H groups in total. The molecule has 0 aliphatic heterocycles. The Hall–Kier alpha value is -1.96. The first kappa shape index (κ1) is 8.63. The van der Waals surface area contributed by atoms with Crippen LogP contribution in [0.25, 0.3) is 5.13 Å². The van der Waals surface area contributed by atoms with Crippen LogP contribution in [-0.2, 0) is 0 Å². The van der Waals surface area contributed by atoms with Crippen molar-refractivity contribution < 1.29 is 5.21 Å². The maximum atomic E-state index is 8.43. The number of hydrogen-bond acceptors (Lipinski definition) is 6. The summed E-state index contributed by atoms with van der Waals surface area (Å²) in [6.45, 7) is 0. The van der Waals surface area contributed by atoms with Gasteiger partial charge in [0.15, 0.2) is 5.84 Å². The molecular weight excluding hydrogens is 204 g/mol. The molecule has 0 saturated heterocycles. The second kappa shape index (κ2) is 3.42. The Balaban J connectivity index is 2.36. The standard InChI is InChI=1S/C6H6N6OS/c7-5(11-13)4-1-9-12(2-4)6-8-3-10-14-6/h1-3,13H,(H2,7,11). The van der Waals surface area contributed by atoms with E-state index in [0.717, 1.165) is 0 Å². The fourth-order valence-electron chi connectivity index (χ4n) is 0.886. The van der Waals surface area contributed by atoms with Gasteiger partial charge in [-0.25, -0.2) is 9.67 Å². The molecule has 2 aromatic heterocycles. The Morgan fingerprint density at radius 2 is 2.50 bits per heavy atom. The molecule has 0 spiro atoms. The normalized spacial score (nSPS) is 11.9. The Bertz CT molecular complexity index is 447. The maximum absolute atomic E-state index is 8.43. The molecule has 0 bridgehead atoms. The van der Waals surface area contributed by atoms with Crippen LogP contribution in [0.2, 0.25) is 0 Å². The van der Waals surface area contributed by atoms with Gasteiger partial charge >= 0.3 is 0 Å².